The minimum absolute atomic E-state index is 0.147. The number of unbranched alkanes of at least 4 members (excludes halogenated alkanes) is 1. The Labute approximate surface area is 140 Å². The van der Waals surface area contributed by atoms with Crippen LogP contribution in [0.4, 0.5) is 5.69 Å². The van der Waals surface area contributed by atoms with Crippen molar-refractivity contribution in [1.82, 2.24) is 0 Å². The first-order chi connectivity index (χ1) is 10.8. The predicted molar refractivity (Wildman–Crippen MR) is 96.7 cm³/mol. The first-order valence-corrected chi connectivity index (χ1v) is 8.49. The third-order valence-corrected chi connectivity index (χ3v) is 4.64. The second-order valence-corrected chi connectivity index (χ2v) is 7.05. The molecular weight excluding hydrogens is 286 g/mol. The van der Waals surface area contributed by atoms with Gasteiger partial charge in [-0.05, 0) is 51.8 Å². The smallest absolute Gasteiger partial charge is 0.328 e. The Morgan fingerprint density at radius 2 is 2.00 bits per heavy atom. The highest BCUT2D eigenvalue weighted by atomic mass is 16.5. The van der Waals surface area contributed by atoms with Gasteiger partial charge in [0.1, 0.15) is 6.04 Å². The summed E-state index contributed by atoms with van der Waals surface area (Å²) >= 11 is 0. The van der Waals surface area contributed by atoms with Crippen molar-refractivity contribution in [2.24, 2.45) is 0 Å². The normalized spacial score (nSPS) is 17.3. The van der Waals surface area contributed by atoms with Gasteiger partial charge in [0.05, 0.1) is 12.6 Å². The largest absolute Gasteiger partial charge is 0.467 e. The van der Waals surface area contributed by atoms with Crippen LogP contribution < -0.4 is 4.90 Å². The standard InChI is InChI=1S/C20H29NO2/c1-7-8-9-18(19(22)23-6)21-17-11-10-14(2)12-16(17)15(3)13-20(21,4)5/h10-13,18H,7-9H2,1-6H3/t18-/m0/s1. The van der Waals surface area contributed by atoms with E-state index in [2.05, 4.69) is 63.8 Å². The van der Waals surface area contributed by atoms with Crippen molar-refractivity contribution in [3.8, 4) is 0 Å². The number of carbonyl (C=O) groups excluding carboxylic acids is 1. The van der Waals surface area contributed by atoms with Crippen molar-refractivity contribution < 1.29 is 9.53 Å². The van der Waals surface area contributed by atoms with Crippen molar-refractivity contribution in [2.75, 3.05) is 12.0 Å². The third-order valence-electron chi connectivity index (χ3n) is 4.64. The molecule has 1 atom stereocenters. The molecule has 0 amide bonds. The second kappa shape index (κ2) is 6.77. The van der Waals surface area contributed by atoms with Crippen LogP contribution in [-0.2, 0) is 9.53 Å². The van der Waals surface area contributed by atoms with Crippen LogP contribution in [0.2, 0.25) is 0 Å². The van der Waals surface area contributed by atoms with Gasteiger partial charge < -0.3 is 9.64 Å². The Bertz CT molecular complexity index is 616. The van der Waals surface area contributed by atoms with Crippen LogP contribution in [0.1, 0.15) is 58.1 Å². The molecule has 0 fully saturated rings. The van der Waals surface area contributed by atoms with E-state index in [1.807, 2.05) is 0 Å². The third kappa shape index (κ3) is 3.44. The van der Waals surface area contributed by atoms with Crippen molar-refractivity contribution >= 4 is 17.2 Å². The summed E-state index contributed by atoms with van der Waals surface area (Å²) in [6.45, 7) is 10.7. The molecule has 1 aromatic carbocycles. The summed E-state index contributed by atoms with van der Waals surface area (Å²) in [7, 11) is 1.48. The summed E-state index contributed by atoms with van der Waals surface area (Å²) in [5.74, 6) is -0.147. The molecule has 0 aromatic heterocycles. The van der Waals surface area contributed by atoms with E-state index < -0.39 is 0 Å². The molecule has 23 heavy (non-hydrogen) atoms. The maximum absolute atomic E-state index is 12.5. The van der Waals surface area contributed by atoms with E-state index in [4.69, 9.17) is 4.74 Å². The van der Waals surface area contributed by atoms with E-state index in [9.17, 15) is 4.79 Å². The quantitative estimate of drug-likeness (QED) is 0.736. The van der Waals surface area contributed by atoms with Gasteiger partial charge in [-0.15, -0.1) is 0 Å². The zero-order chi connectivity index (χ0) is 17.2. The minimum Gasteiger partial charge on any atom is -0.467 e. The van der Waals surface area contributed by atoms with E-state index in [-0.39, 0.29) is 17.6 Å². The van der Waals surface area contributed by atoms with Gasteiger partial charge >= 0.3 is 5.97 Å². The average molecular weight is 315 g/mol. The number of aryl methyl sites for hydroxylation is 1. The van der Waals surface area contributed by atoms with Gasteiger partial charge in [0, 0.05) is 11.3 Å². The molecule has 0 N–H and O–H groups in total. The molecule has 0 radical (unpaired) electrons. The Morgan fingerprint density at radius 1 is 1.30 bits per heavy atom. The van der Waals surface area contributed by atoms with Crippen LogP contribution in [0.3, 0.4) is 0 Å². The van der Waals surface area contributed by atoms with Gasteiger partial charge in [-0.3, -0.25) is 0 Å². The number of esters is 1. The van der Waals surface area contributed by atoms with E-state index in [1.165, 1.54) is 23.8 Å². The topological polar surface area (TPSA) is 29.5 Å². The van der Waals surface area contributed by atoms with Crippen LogP contribution in [0.15, 0.2) is 24.3 Å². The van der Waals surface area contributed by atoms with Gasteiger partial charge in [-0.2, -0.15) is 0 Å². The van der Waals surface area contributed by atoms with Crippen LogP contribution in [-0.4, -0.2) is 24.7 Å². The molecule has 0 saturated carbocycles. The molecule has 126 valence electrons. The first-order valence-electron chi connectivity index (χ1n) is 8.49. The molecule has 1 aliphatic rings. The van der Waals surface area contributed by atoms with E-state index >= 15 is 0 Å². The fraction of sp³-hybridized carbons (Fsp3) is 0.550. The van der Waals surface area contributed by atoms with E-state index in [1.54, 1.807) is 0 Å². The molecule has 1 aromatic rings. The number of benzene rings is 1. The number of carbonyl (C=O) groups is 1. The molecule has 0 aliphatic carbocycles. The highest BCUT2D eigenvalue weighted by Crippen LogP contribution is 2.41. The number of rotatable bonds is 5. The summed E-state index contributed by atoms with van der Waals surface area (Å²) in [6.07, 6.45) is 5.15. The molecule has 2 rings (SSSR count). The van der Waals surface area contributed by atoms with Crippen LogP contribution in [0.5, 0.6) is 0 Å². The van der Waals surface area contributed by atoms with E-state index in [0.29, 0.717) is 0 Å². The fourth-order valence-corrected chi connectivity index (χ4v) is 3.62. The minimum atomic E-state index is -0.249. The molecular formula is C20H29NO2. The monoisotopic (exact) mass is 315 g/mol. The number of anilines is 1. The lowest BCUT2D eigenvalue weighted by Gasteiger charge is -2.47. The predicted octanol–water partition coefficient (Wildman–Crippen LogP) is 4.73. The number of ether oxygens (including phenoxy) is 1. The Balaban J connectivity index is 2.55. The molecule has 1 aliphatic heterocycles. The molecule has 1 heterocycles. The summed E-state index contributed by atoms with van der Waals surface area (Å²) in [5.41, 5.74) is 4.63. The number of fused-ring (bicyclic) bond motifs is 1. The molecule has 0 spiro atoms. The number of methoxy groups -OCH3 is 1. The summed E-state index contributed by atoms with van der Waals surface area (Å²) < 4.78 is 5.12. The van der Waals surface area contributed by atoms with Gasteiger partial charge in [0.25, 0.3) is 0 Å². The average Bonchev–Trinajstić information content (AvgIpc) is 2.49. The summed E-state index contributed by atoms with van der Waals surface area (Å²) in [5, 5.41) is 0. The highest BCUT2D eigenvalue weighted by Gasteiger charge is 2.39. The lowest BCUT2D eigenvalue weighted by molar-refractivity contribution is -0.142. The highest BCUT2D eigenvalue weighted by molar-refractivity contribution is 5.87. The van der Waals surface area contributed by atoms with Crippen molar-refractivity contribution in [3.63, 3.8) is 0 Å². The number of hydrogen-bond donors (Lipinski definition) is 0. The lowest BCUT2D eigenvalue weighted by atomic mass is 9.86. The van der Waals surface area contributed by atoms with Crippen molar-refractivity contribution in [2.45, 2.75) is 65.5 Å². The van der Waals surface area contributed by atoms with Gasteiger partial charge in [-0.25, -0.2) is 4.79 Å². The maximum Gasteiger partial charge on any atom is 0.328 e. The Hall–Kier alpha value is -1.77. The van der Waals surface area contributed by atoms with Crippen molar-refractivity contribution in [1.29, 1.82) is 0 Å². The molecule has 0 saturated heterocycles. The Morgan fingerprint density at radius 3 is 2.61 bits per heavy atom. The zero-order valence-corrected chi connectivity index (χ0v) is 15.3. The molecule has 3 heteroatoms. The van der Waals surface area contributed by atoms with Crippen LogP contribution in [0, 0.1) is 6.92 Å². The summed E-state index contributed by atoms with van der Waals surface area (Å²) in [4.78, 5) is 14.7. The van der Waals surface area contributed by atoms with Crippen LogP contribution in [0.25, 0.3) is 5.57 Å². The van der Waals surface area contributed by atoms with Gasteiger partial charge in [-0.1, -0.05) is 37.5 Å². The second-order valence-electron chi connectivity index (χ2n) is 7.05. The number of nitrogens with zero attached hydrogens (tertiary/aromatic N) is 1. The Kier molecular flexibility index (Phi) is 5.18. The fourth-order valence-electron chi connectivity index (χ4n) is 3.62. The number of allylic oxidation sites excluding steroid dienone is 1. The van der Waals surface area contributed by atoms with Gasteiger partial charge in [0.2, 0.25) is 0 Å². The van der Waals surface area contributed by atoms with Crippen molar-refractivity contribution in [3.05, 3.63) is 35.4 Å². The molecule has 3 nitrogen and oxygen atoms in total. The molecule has 0 bridgehead atoms. The SMILES string of the molecule is CCCC[C@@H](C(=O)OC)N1c2ccc(C)cc2C(C)=CC1(C)C. The zero-order valence-electron chi connectivity index (χ0n) is 15.3. The summed E-state index contributed by atoms with van der Waals surface area (Å²) in [6, 6.07) is 6.22. The van der Waals surface area contributed by atoms with E-state index in [0.717, 1.165) is 24.9 Å². The number of hydrogen-bond acceptors (Lipinski definition) is 3. The van der Waals surface area contributed by atoms with Gasteiger partial charge in [0.15, 0.2) is 0 Å². The first kappa shape index (κ1) is 17.6. The maximum atomic E-state index is 12.5. The van der Waals surface area contributed by atoms with Crippen LogP contribution >= 0.6 is 0 Å². The lowest BCUT2D eigenvalue weighted by Crippen LogP contribution is -2.54. The molecule has 0 unspecified atom stereocenters.